The zero-order valence-electron chi connectivity index (χ0n) is 14.4. The lowest BCUT2D eigenvalue weighted by Gasteiger charge is -2.13. The van der Waals surface area contributed by atoms with E-state index in [1.54, 1.807) is 0 Å². The molecule has 2 aromatic rings. The first-order valence-electron chi connectivity index (χ1n) is 8.32. The van der Waals surface area contributed by atoms with E-state index in [2.05, 4.69) is 26.1 Å². The Bertz CT molecular complexity index is 891. The smallest absolute Gasteiger partial charge is 0.354 e. The number of ether oxygens (including phenoxy) is 1. The van der Waals surface area contributed by atoms with Gasteiger partial charge in [0.15, 0.2) is 0 Å². The highest BCUT2D eigenvalue weighted by Gasteiger charge is 2.25. The van der Waals surface area contributed by atoms with Crippen molar-refractivity contribution in [2.45, 2.75) is 18.9 Å². The Morgan fingerprint density at radius 2 is 2.11 bits per heavy atom. The molecule has 0 bridgehead atoms. The Morgan fingerprint density at radius 1 is 1.32 bits per heavy atom. The SMILES string of the molecule is O=C(NNc1ncnc(NCC2CCCO2)c1[N+](=O)[O-])c1ccc(Cl)cc1Cl. The standard InChI is InChI=1S/C16H16Cl2N6O4/c17-9-3-4-11(12(18)6-9)16(25)23-22-15-13(24(26)27)14(20-8-21-15)19-7-10-2-1-5-28-10/h3-4,6,8,10H,1-2,5,7H2,(H,23,25)(H2,19,20,21,22). The summed E-state index contributed by atoms with van der Waals surface area (Å²) < 4.78 is 5.48. The van der Waals surface area contributed by atoms with E-state index in [4.69, 9.17) is 27.9 Å². The Labute approximate surface area is 169 Å². The molecule has 3 rings (SSSR count). The van der Waals surface area contributed by atoms with Crippen molar-refractivity contribution in [3.63, 3.8) is 0 Å². The number of nitrogens with one attached hydrogen (secondary N) is 3. The second-order valence-electron chi connectivity index (χ2n) is 5.90. The molecule has 1 aromatic carbocycles. The highest BCUT2D eigenvalue weighted by Crippen LogP contribution is 2.29. The van der Waals surface area contributed by atoms with Gasteiger partial charge in [-0.2, -0.15) is 0 Å². The minimum atomic E-state index is -0.637. The number of hydrogen-bond acceptors (Lipinski definition) is 8. The van der Waals surface area contributed by atoms with Crippen LogP contribution in [0.1, 0.15) is 23.2 Å². The van der Waals surface area contributed by atoms with Gasteiger partial charge in [0.2, 0.25) is 11.6 Å². The minimum Gasteiger partial charge on any atom is -0.376 e. The van der Waals surface area contributed by atoms with Crippen molar-refractivity contribution < 1.29 is 14.5 Å². The number of rotatable bonds is 7. The molecular formula is C16H16Cl2N6O4. The van der Waals surface area contributed by atoms with Gasteiger partial charge in [0, 0.05) is 18.2 Å². The molecule has 0 radical (unpaired) electrons. The zero-order valence-corrected chi connectivity index (χ0v) is 16.0. The molecular weight excluding hydrogens is 411 g/mol. The molecule has 148 valence electrons. The van der Waals surface area contributed by atoms with E-state index in [0.29, 0.717) is 18.2 Å². The summed E-state index contributed by atoms with van der Waals surface area (Å²) in [5.41, 5.74) is 4.52. The average molecular weight is 427 g/mol. The monoisotopic (exact) mass is 426 g/mol. The largest absolute Gasteiger partial charge is 0.376 e. The third-order valence-electron chi connectivity index (χ3n) is 4.00. The molecule has 12 heteroatoms. The number of nitro groups is 1. The fourth-order valence-corrected chi connectivity index (χ4v) is 3.14. The van der Waals surface area contributed by atoms with Crippen LogP contribution in [0.25, 0.3) is 0 Å². The first-order valence-corrected chi connectivity index (χ1v) is 9.07. The van der Waals surface area contributed by atoms with Crippen LogP contribution in [0.4, 0.5) is 17.3 Å². The van der Waals surface area contributed by atoms with Crippen molar-refractivity contribution in [3.05, 3.63) is 50.2 Å². The summed E-state index contributed by atoms with van der Waals surface area (Å²) in [6.07, 6.45) is 2.94. The van der Waals surface area contributed by atoms with Crippen LogP contribution in [-0.4, -0.2) is 40.1 Å². The number of halogens is 2. The number of amides is 1. The summed E-state index contributed by atoms with van der Waals surface area (Å²) in [5.74, 6) is -0.756. The van der Waals surface area contributed by atoms with Crippen LogP contribution in [0.15, 0.2) is 24.5 Å². The van der Waals surface area contributed by atoms with Crippen LogP contribution < -0.4 is 16.2 Å². The van der Waals surface area contributed by atoms with E-state index in [1.807, 2.05) is 0 Å². The molecule has 1 saturated heterocycles. The molecule has 1 atom stereocenters. The Morgan fingerprint density at radius 3 is 2.79 bits per heavy atom. The maximum Gasteiger partial charge on any atom is 0.354 e. The van der Waals surface area contributed by atoms with Crippen LogP contribution >= 0.6 is 23.2 Å². The van der Waals surface area contributed by atoms with Crippen LogP contribution in [-0.2, 0) is 4.74 Å². The van der Waals surface area contributed by atoms with Gasteiger partial charge in [-0.1, -0.05) is 23.2 Å². The van der Waals surface area contributed by atoms with Gasteiger partial charge < -0.3 is 10.1 Å². The number of carbonyl (C=O) groups is 1. The maximum absolute atomic E-state index is 12.3. The summed E-state index contributed by atoms with van der Waals surface area (Å²) in [6.45, 7) is 1.05. The number of aromatic nitrogens is 2. The quantitative estimate of drug-likeness (QED) is 0.454. The fourth-order valence-electron chi connectivity index (χ4n) is 2.65. The molecule has 1 aromatic heterocycles. The molecule has 1 fully saturated rings. The van der Waals surface area contributed by atoms with Crippen LogP contribution in [0.5, 0.6) is 0 Å². The molecule has 1 amide bonds. The lowest BCUT2D eigenvalue weighted by Crippen LogP contribution is -2.30. The Hall–Kier alpha value is -2.69. The van der Waals surface area contributed by atoms with E-state index >= 15 is 0 Å². The second kappa shape index (κ2) is 9.00. The maximum atomic E-state index is 12.3. The molecule has 1 aliphatic heterocycles. The summed E-state index contributed by atoms with van der Waals surface area (Å²) in [6, 6.07) is 4.35. The van der Waals surface area contributed by atoms with E-state index in [9.17, 15) is 14.9 Å². The van der Waals surface area contributed by atoms with E-state index in [1.165, 1.54) is 18.2 Å². The summed E-state index contributed by atoms with van der Waals surface area (Å²) in [5, 5.41) is 14.9. The van der Waals surface area contributed by atoms with Gasteiger partial charge in [-0.05, 0) is 31.0 Å². The summed E-state index contributed by atoms with van der Waals surface area (Å²) in [7, 11) is 0. The number of carbonyl (C=O) groups excluding carboxylic acids is 1. The minimum absolute atomic E-state index is 0.0248. The average Bonchev–Trinajstić information content (AvgIpc) is 3.17. The van der Waals surface area contributed by atoms with Gasteiger partial charge in [-0.25, -0.2) is 9.97 Å². The van der Waals surface area contributed by atoms with Crippen LogP contribution in [0, 0.1) is 10.1 Å². The summed E-state index contributed by atoms with van der Waals surface area (Å²) >= 11 is 11.8. The predicted octanol–water partition coefficient (Wildman–Crippen LogP) is 3.04. The highest BCUT2D eigenvalue weighted by atomic mass is 35.5. The Kier molecular flexibility index (Phi) is 6.45. The first kappa shape index (κ1) is 20.1. The predicted molar refractivity (Wildman–Crippen MR) is 104 cm³/mol. The van der Waals surface area contributed by atoms with Crippen molar-refractivity contribution in [2.24, 2.45) is 0 Å². The third kappa shape index (κ3) is 4.77. The van der Waals surface area contributed by atoms with E-state index in [-0.39, 0.29) is 28.3 Å². The van der Waals surface area contributed by atoms with Gasteiger partial charge in [-0.3, -0.25) is 25.8 Å². The van der Waals surface area contributed by atoms with E-state index < -0.39 is 16.5 Å². The van der Waals surface area contributed by atoms with Gasteiger partial charge in [-0.15, -0.1) is 0 Å². The van der Waals surface area contributed by atoms with Crippen LogP contribution in [0.3, 0.4) is 0 Å². The van der Waals surface area contributed by atoms with Crippen molar-refractivity contribution in [3.8, 4) is 0 Å². The van der Waals surface area contributed by atoms with Gasteiger partial charge in [0.05, 0.1) is 21.6 Å². The molecule has 0 saturated carbocycles. The van der Waals surface area contributed by atoms with Gasteiger partial charge in [0.25, 0.3) is 5.91 Å². The third-order valence-corrected chi connectivity index (χ3v) is 4.54. The lowest BCUT2D eigenvalue weighted by atomic mass is 10.2. The van der Waals surface area contributed by atoms with Gasteiger partial charge >= 0.3 is 5.69 Å². The molecule has 1 unspecified atom stereocenters. The van der Waals surface area contributed by atoms with Crippen molar-refractivity contribution in [1.29, 1.82) is 0 Å². The number of benzene rings is 1. The van der Waals surface area contributed by atoms with Crippen molar-refractivity contribution in [1.82, 2.24) is 15.4 Å². The molecule has 28 heavy (non-hydrogen) atoms. The zero-order chi connectivity index (χ0) is 20.1. The number of hydrogen-bond donors (Lipinski definition) is 3. The molecule has 0 aliphatic carbocycles. The van der Waals surface area contributed by atoms with E-state index in [0.717, 1.165) is 19.2 Å². The first-order chi connectivity index (χ1) is 13.5. The summed E-state index contributed by atoms with van der Waals surface area (Å²) in [4.78, 5) is 30.9. The lowest BCUT2D eigenvalue weighted by molar-refractivity contribution is -0.383. The Balaban J connectivity index is 1.72. The highest BCUT2D eigenvalue weighted by molar-refractivity contribution is 6.36. The topological polar surface area (TPSA) is 131 Å². The number of anilines is 2. The normalized spacial score (nSPS) is 15.9. The molecule has 0 spiro atoms. The number of nitrogens with zero attached hydrogens (tertiary/aromatic N) is 3. The fraction of sp³-hybridized carbons (Fsp3) is 0.312. The second-order valence-corrected chi connectivity index (χ2v) is 6.74. The van der Waals surface area contributed by atoms with Crippen LogP contribution in [0.2, 0.25) is 10.0 Å². The molecule has 10 nitrogen and oxygen atoms in total. The molecule has 1 aliphatic rings. The molecule has 2 heterocycles. The van der Waals surface area contributed by atoms with Crippen molar-refractivity contribution in [2.75, 3.05) is 23.9 Å². The van der Waals surface area contributed by atoms with Gasteiger partial charge in [0.1, 0.15) is 6.33 Å². The number of hydrazine groups is 1. The molecule has 3 N–H and O–H groups in total. The van der Waals surface area contributed by atoms with Crippen molar-refractivity contribution >= 4 is 46.4 Å².